The van der Waals surface area contributed by atoms with Crippen LogP contribution in [0, 0.1) is 0 Å². The average Bonchev–Trinajstić information content (AvgIpc) is 2.44. The highest BCUT2D eigenvalue weighted by Gasteiger charge is 2.04. The van der Waals surface area contributed by atoms with Gasteiger partial charge in [0.1, 0.15) is 0 Å². The van der Waals surface area contributed by atoms with Gasteiger partial charge in [-0.2, -0.15) is 0 Å². The number of nitrogens with one attached hydrogen (secondary N) is 1. The Labute approximate surface area is 122 Å². The second kappa shape index (κ2) is 9.37. The minimum atomic E-state index is 0.167. The van der Waals surface area contributed by atoms with Crippen LogP contribution in [0.3, 0.4) is 0 Å². The van der Waals surface area contributed by atoms with Crippen molar-refractivity contribution in [3.63, 3.8) is 0 Å². The summed E-state index contributed by atoms with van der Waals surface area (Å²) in [6, 6.07) is 9.28. The molecule has 1 aromatic carbocycles. The van der Waals surface area contributed by atoms with Gasteiger partial charge in [0.25, 0.3) is 0 Å². The van der Waals surface area contributed by atoms with E-state index in [0.29, 0.717) is 12.6 Å². The number of guanidine groups is 1. The number of rotatable bonds is 9. The molecule has 4 nitrogen and oxygen atoms in total. The van der Waals surface area contributed by atoms with Crippen molar-refractivity contribution in [2.45, 2.75) is 45.6 Å². The Morgan fingerprint density at radius 2 is 1.90 bits per heavy atom. The molecule has 1 rings (SSSR count). The van der Waals surface area contributed by atoms with E-state index in [1.165, 1.54) is 30.4 Å². The molecule has 0 aromatic heterocycles. The summed E-state index contributed by atoms with van der Waals surface area (Å²) in [6.45, 7) is 6.00. The molecule has 0 fully saturated rings. The first-order valence-corrected chi connectivity index (χ1v) is 7.51. The first kappa shape index (κ1) is 16.5. The average molecular weight is 276 g/mol. The van der Waals surface area contributed by atoms with Gasteiger partial charge in [-0.15, -0.1) is 0 Å². The maximum atomic E-state index is 5.28. The van der Waals surface area contributed by atoms with Crippen molar-refractivity contribution in [1.29, 1.82) is 0 Å². The van der Waals surface area contributed by atoms with E-state index in [2.05, 4.69) is 48.4 Å². The van der Waals surface area contributed by atoms with Crippen LogP contribution in [0.5, 0.6) is 0 Å². The fourth-order valence-electron chi connectivity index (χ4n) is 2.08. The van der Waals surface area contributed by atoms with Crippen LogP contribution >= 0.6 is 0 Å². The van der Waals surface area contributed by atoms with E-state index >= 15 is 0 Å². The van der Waals surface area contributed by atoms with Gasteiger partial charge in [-0.1, -0.05) is 37.6 Å². The fourth-order valence-corrected chi connectivity index (χ4v) is 2.08. The first-order valence-electron chi connectivity index (χ1n) is 7.51. The van der Waals surface area contributed by atoms with Crippen molar-refractivity contribution in [3.05, 3.63) is 35.4 Å². The Morgan fingerprint density at radius 1 is 1.20 bits per heavy atom. The van der Waals surface area contributed by atoms with Crippen LogP contribution in [0.2, 0.25) is 0 Å². The lowest BCUT2D eigenvalue weighted by Gasteiger charge is -2.14. The Hall–Kier alpha value is -1.55. The number of unbranched alkanes of at least 4 members (excludes halogenated alkanes) is 1. The molecule has 1 atom stereocenters. The van der Waals surface area contributed by atoms with Crippen LogP contribution in [0.25, 0.3) is 0 Å². The third-order valence-corrected chi connectivity index (χ3v) is 3.38. The monoisotopic (exact) mass is 276 g/mol. The van der Waals surface area contributed by atoms with Crippen molar-refractivity contribution in [2.75, 3.05) is 13.1 Å². The summed E-state index contributed by atoms with van der Waals surface area (Å²) < 4.78 is 0. The van der Waals surface area contributed by atoms with Gasteiger partial charge < -0.3 is 16.8 Å². The van der Waals surface area contributed by atoms with E-state index in [1.54, 1.807) is 0 Å². The summed E-state index contributed by atoms with van der Waals surface area (Å²) in [5.74, 6) is 0.167. The van der Waals surface area contributed by atoms with E-state index in [-0.39, 0.29) is 5.96 Å². The third-order valence-electron chi connectivity index (χ3n) is 3.38. The highest BCUT2D eigenvalue weighted by molar-refractivity contribution is 5.75. The number of nitrogens with zero attached hydrogens (tertiary/aromatic N) is 1. The van der Waals surface area contributed by atoms with E-state index < -0.39 is 0 Å². The van der Waals surface area contributed by atoms with E-state index in [1.807, 2.05) is 0 Å². The maximum absolute atomic E-state index is 5.28. The standard InChI is InChI=1S/C16H28N4/c1-3-4-6-14-7-9-15(10-8-14)13(2)19-11-5-12-20-16(17)18/h7-10,13,19H,3-6,11-12H2,1-2H3,(H4,17,18,20). The van der Waals surface area contributed by atoms with Gasteiger partial charge in [0.05, 0.1) is 0 Å². The predicted molar refractivity (Wildman–Crippen MR) is 86.8 cm³/mol. The molecule has 20 heavy (non-hydrogen) atoms. The minimum Gasteiger partial charge on any atom is -0.370 e. The normalized spacial score (nSPS) is 12.1. The van der Waals surface area contributed by atoms with Crippen LogP contribution in [-0.2, 0) is 6.42 Å². The van der Waals surface area contributed by atoms with E-state index in [9.17, 15) is 0 Å². The van der Waals surface area contributed by atoms with E-state index in [4.69, 9.17) is 11.5 Å². The van der Waals surface area contributed by atoms with Crippen LogP contribution in [0.4, 0.5) is 0 Å². The highest BCUT2D eigenvalue weighted by Crippen LogP contribution is 2.14. The summed E-state index contributed by atoms with van der Waals surface area (Å²) in [6.07, 6.45) is 4.63. The lowest BCUT2D eigenvalue weighted by Crippen LogP contribution is -2.24. The van der Waals surface area contributed by atoms with Crippen molar-refractivity contribution >= 4 is 5.96 Å². The zero-order chi connectivity index (χ0) is 14.8. The quantitative estimate of drug-likeness (QED) is 0.368. The summed E-state index contributed by atoms with van der Waals surface area (Å²) in [4.78, 5) is 3.97. The number of nitrogens with two attached hydrogens (primary N) is 2. The molecule has 0 aliphatic carbocycles. The SMILES string of the molecule is CCCCc1ccc(C(C)NCCCN=C(N)N)cc1. The maximum Gasteiger partial charge on any atom is 0.185 e. The van der Waals surface area contributed by atoms with Crippen molar-refractivity contribution in [3.8, 4) is 0 Å². The molecule has 0 spiro atoms. The van der Waals surface area contributed by atoms with Gasteiger partial charge >= 0.3 is 0 Å². The molecule has 1 aromatic rings. The highest BCUT2D eigenvalue weighted by atomic mass is 15.0. The topological polar surface area (TPSA) is 76.4 Å². The molecule has 0 radical (unpaired) electrons. The first-order chi connectivity index (χ1) is 9.63. The molecular weight excluding hydrogens is 248 g/mol. The van der Waals surface area contributed by atoms with Gasteiger partial charge in [-0.3, -0.25) is 4.99 Å². The Morgan fingerprint density at radius 3 is 2.50 bits per heavy atom. The smallest absolute Gasteiger partial charge is 0.185 e. The van der Waals surface area contributed by atoms with Gasteiger partial charge in [-0.25, -0.2) is 0 Å². The van der Waals surface area contributed by atoms with E-state index in [0.717, 1.165) is 13.0 Å². The Balaban J connectivity index is 2.32. The number of aryl methyl sites for hydroxylation is 1. The number of aliphatic imine (C=N–C) groups is 1. The van der Waals surface area contributed by atoms with Crippen molar-refractivity contribution < 1.29 is 0 Å². The van der Waals surface area contributed by atoms with Crippen LogP contribution < -0.4 is 16.8 Å². The lowest BCUT2D eigenvalue weighted by atomic mass is 10.0. The van der Waals surface area contributed by atoms with Crippen molar-refractivity contribution in [1.82, 2.24) is 5.32 Å². The molecule has 0 bridgehead atoms. The number of benzene rings is 1. The molecule has 0 saturated heterocycles. The zero-order valence-corrected chi connectivity index (χ0v) is 12.7. The summed E-state index contributed by atoms with van der Waals surface area (Å²) in [5.41, 5.74) is 13.3. The molecule has 112 valence electrons. The lowest BCUT2D eigenvalue weighted by molar-refractivity contribution is 0.562. The second-order valence-electron chi connectivity index (χ2n) is 5.18. The summed E-state index contributed by atoms with van der Waals surface area (Å²) >= 11 is 0. The minimum absolute atomic E-state index is 0.167. The van der Waals surface area contributed by atoms with Crippen LogP contribution in [0.15, 0.2) is 29.3 Å². The zero-order valence-electron chi connectivity index (χ0n) is 12.7. The molecule has 0 heterocycles. The van der Waals surface area contributed by atoms with Crippen molar-refractivity contribution in [2.24, 2.45) is 16.5 Å². The molecule has 4 heteroatoms. The van der Waals surface area contributed by atoms with Crippen LogP contribution in [-0.4, -0.2) is 19.0 Å². The number of hydrogen-bond donors (Lipinski definition) is 3. The fraction of sp³-hybridized carbons (Fsp3) is 0.562. The Kier molecular flexibility index (Phi) is 7.73. The molecule has 0 amide bonds. The summed E-state index contributed by atoms with van der Waals surface area (Å²) in [5, 5.41) is 3.48. The second-order valence-corrected chi connectivity index (χ2v) is 5.18. The molecule has 0 aliphatic rings. The third kappa shape index (κ3) is 6.57. The molecular formula is C16H28N4. The Bertz CT molecular complexity index is 393. The van der Waals surface area contributed by atoms with Crippen LogP contribution in [0.1, 0.15) is 50.3 Å². The summed E-state index contributed by atoms with van der Waals surface area (Å²) in [7, 11) is 0. The van der Waals surface area contributed by atoms with Gasteiger partial charge in [0, 0.05) is 12.6 Å². The predicted octanol–water partition coefficient (Wildman–Crippen LogP) is 2.34. The molecule has 1 unspecified atom stereocenters. The van der Waals surface area contributed by atoms with Gasteiger partial charge in [0.15, 0.2) is 5.96 Å². The van der Waals surface area contributed by atoms with Gasteiger partial charge in [-0.05, 0) is 43.9 Å². The molecule has 5 N–H and O–H groups in total. The molecule has 0 saturated carbocycles. The molecule has 0 aliphatic heterocycles. The van der Waals surface area contributed by atoms with Gasteiger partial charge in [0.2, 0.25) is 0 Å². The number of hydrogen-bond acceptors (Lipinski definition) is 2. The largest absolute Gasteiger partial charge is 0.370 e.